The van der Waals surface area contributed by atoms with Crippen molar-refractivity contribution in [2.45, 2.75) is 76.9 Å². The van der Waals surface area contributed by atoms with Crippen molar-refractivity contribution in [1.82, 2.24) is 15.5 Å². The van der Waals surface area contributed by atoms with Gasteiger partial charge in [-0.05, 0) is 77.0 Å². The van der Waals surface area contributed by atoms with E-state index in [0.717, 1.165) is 37.0 Å². The SMILES string of the molecule is CN(CC(=O)OC(C)(C)C)C(=O)CCNC(=O)NC12CC3CC(CC(C3)C1)C2. The molecule has 3 amide bonds. The average molecular weight is 394 g/mol. The first kappa shape index (κ1) is 20.9. The summed E-state index contributed by atoms with van der Waals surface area (Å²) in [7, 11) is 1.57. The first-order chi connectivity index (χ1) is 13.0. The molecule has 0 heterocycles. The third-order valence-electron chi connectivity index (χ3n) is 6.25. The molecule has 2 N–H and O–H groups in total. The zero-order valence-corrected chi connectivity index (χ0v) is 17.7. The van der Waals surface area contributed by atoms with Crippen LogP contribution in [0.2, 0.25) is 0 Å². The maximum Gasteiger partial charge on any atom is 0.326 e. The van der Waals surface area contributed by atoms with Crippen molar-refractivity contribution in [3.63, 3.8) is 0 Å². The van der Waals surface area contributed by atoms with Crippen molar-refractivity contribution >= 4 is 17.9 Å². The van der Waals surface area contributed by atoms with Crippen LogP contribution in [0.3, 0.4) is 0 Å². The van der Waals surface area contributed by atoms with E-state index in [9.17, 15) is 14.4 Å². The predicted molar refractivity (Wildman–Crippen MR) is 106 cm³/mol. The zero-order valence-electron chi connectivity index (χ0n) is 17.7. The average Bonchev–Trinajstić information content (AvgIpc) is 2.50. The minimum absolute atomic E-state index is 0.0314. The minimum Gasteiger partial charge on any atom is -0.459 e. The summed E-state index contributed by atoms with van der Waals surface area (Å²) in [6, 6.07) is -0.176. The molecule has 0 radical (unpaired) electrons. The van der Waals surface area contributed by atoms with Crippen LogP contribution in [0.5, 0.6) is 0 Å². The van der Waals surface area contributed by atoms with Crippen LogP contribution < -0.4 is 10.6 Å². The van der Waals surface area contributed by atoms with Crippen molar-refractivity contribution in [2.75, 3.05) is 20.1 Å². The largest absolute Gasteiger partial charge is 0.459 e. The van der Waals surface area contributed by atoms with Crippen LogP contribution in [0.4, 0.5) is 4.79 Å². The molecule has 4 rings (SSSR count). The van der Waals surface area contributed by atoms with Crippen molar-refractivity contribution in [2.24, 2.45) is 17.8 Å². The van der Waals surface area contributed by atoms with Gasteiger partial charge in [0, 0.05) is 25.6 Å². The second kappa shape index (κ2) is 7.91. The summed E-state index contributed by atoms with van der Waals surface area (Å²) in [5.74, 6) is 1.69. The number of nitrogens with zero attached hydrogens (tertiary/aromatic N) is 1. The molecule has 0 aromatic rings. The zero-order chi connectivity index (χ0) is 20.5. The third-order valence-corrected chi connectivity index (χ3v) is 6.25. The number of urea groups is 1. The maximum atomic E-state index is 12.4. The number of esters is 1. The first-order valence-corrected chi connectivity index (χ1v) is 10.6. The molecule has 0 aliphatic heterocycles. The molecule has 4 saturated carbocycles. The van der Waals surface area contributed by atoms with Gasteiger partial charge in [-0.25, -0.2) is 4.79 Å². The Bertz CT molecular complexity index is 590. The highest BCUT2D eigenvalue weighted by Crippen LogP contribution is 2.55. The molecule has 0 saturated heterocycles. The van der Waals surface area contributed by atoms with E-state index in [-0.39, 0.29) is 37.0 Å². The van der Waals surface area contributed by atoms with Gasteiger partial charge in [-0.1, -0.05) is 0 Å². The second-order valence-corrected chi connectivity index (χ2v) is 10.2. The van der Waals surface area contributed by atoms with Gasteiger partial charge in [-0.15, -0.1) is 0 Å². The van der Waals surface area contributed by atoms with Crippen molar-refractivity contribution in [3.05, 3.63) is 0 Å². The third kappa shape index (κ3) is 5.39. The molecule has 4 aliphatic carbocycles. The summed E-state index contributed by atoms with van der Waals surface area (Å²) in [4.78, 5) is 37.7. The Morgan fingerprint density at radius 3 is 2.07 bits per heavy atom. The number of carbonyl (C=O) groups is 3. The number of amides is 3. The highest BCUT2D eigenvalue weighted by atomic mass is 16.6. The van der Waals surface area contributed by atoms with Crippen LogP contribution in [0, 0.1) is 17.8 Å². The Morgan fingerprint density at radius 2 is 1.57 bits per heavy atom. The van der Waals surface area contributed by atoms with E-state index in [0.29, 0.717) is 0 Å². The Morgan fingerprint density at radius 1 is 1.04 bits per heavy atom. The number of nitrogens with one attached hydrogen (secondary N) is 2. The highest BCUT2D eigenvalue weighted by molar-refractivity contribution is 5.82. The fourth-order valence-corrected chi connectivity index (χ4v) is 5.68. The lowest BCUT2D eigenvalue weighted by molar-refractivity contribution is -0.158. The number of hydrogen-bond acceptors (Lipinski definition) is 4. The fraction of sp³-hybridized carbons (Fsp3) is 0.857. The molecule has 158 valence electrons. The molecule has 0 aromatic heterocycles. The van der Waals surface area contributed by atoms with E-state index in [1.165, 1.54) is 24.2 Å². The first-order valence-electron chi connectivity index (χ1n) is 10.6. The number of ether oxygens (including phenoxy) is 1. The van der Waals surface area contributed by atoms with Crippen LogP contribution in [0.15, 0.2) is 0 Å². The van der Waals surface area contributed by atoms with Gasteiger partial charge >= 0.3 is 12.0 Å². The molecule has 4 aliphatic rings. The van der Waals surface area contributed by atoms with Gasteiger partial charge in [0.15, 0.2) is 0 Å². The lowest BCUT2D eigenvalue weighted by Gasteiger charge is -2.56. The molecule has 0 atom stereocenters. The molecule has 0 unspecified atom stereocenters. The molecular formula is C21H35N3O4. The summed E-state index contributed by atoms with van der Waals surface area (Å²) in [6.45, 7) is 5.54. The van der Waals surface area contributed by atoms with Crippen molar-refractivity contribution < 1.29 is 19.1 Å². The monoisotopic (exact) mass is 393 g/mol. The Kier molecular flexibility index (Phi) is 5.92. The van der Waals surface area contributed by atoms with Crippen molar-refractivity contribution in [1.29, 1.82) is 0 Å². The quantitative estimate of drug-likeness (QED) is 0.679. The van der Waals surface area contributed by atoms with Gasteiger partial charge in [0.2, 0.25) is 5.91 Å². The molecule has 28 heavy (non-hydrogen) atoms. The van der Waals surface area contributed by atoms with E-state index < -0.39 is 11.6 Å². The van der Waals surface area contributed by atoms with E-state index in [4.69, 9.17) is 4.74 Å². The summed E-state index contributed by atoms with van der Waals surface area (Å²) in [6.07, 6.45) is 7.47. The van der Waals surface area contributed by atoms with Gasteiger partial charge in [-0.3, -0.25) is 9.59 Å². The summed E-state index contributed by atoms with van der Waals surface area (Å²) < 4.78 is 5.22. The summed E-state index contributed by atoms with van der Waals surface area (Å²) in [5.41, 5.74) is -0.603. The lowest BCUT2D eigenvalue weighted by Crippen LogP contribution is -2.61. The lowest BCUT2D eigenvalue weighted by atomic mass is 9.53. The van der Waals surface area contributed by atoms with Crippen LogP contribution >= 0.6 is 0 Å². The smallest absolute Gasteiger partial charge is 0.326 e. The highest BCUT2D eigenvalue weighted by Gasteiger charge is 2.51. The topological polar surface area (TPSA) is 87.7 Å². The van der Waals surface area contributed by atoms with E-state index in [1.54, 1.807) is 27.8 Å². The van der Waals surface area contributed by atoms with E-state index >= 15 is 0 Å². The molecule has 0 spiro atoms. The molecule has 0 aromatic carbocycles. The van der Waals surface area contributed by atoms with E-state index in [2.05, 4.69) is 10.6 Å². The molecular weight excluding hydrogens is 358 g/mol. The normalized spacial score (nSPS) is 30.6. The van der Waals surface area contributed by atoms with Crippen LogP contribution in [0.1, 0.15) is 65.7 Å². The van der Waals surface area contributed by atoms with Crippen LogP contribution in [0.25, 0.3) is 0 Å². The minimum atomic E-state index is -0.572. The van der Waals surface area contributed by atoms with Gasteiger partial charge in [0.25, 0.3) is 0 Å². The Hall–Kier alpha value is -1.79. The van der Waals surface area contributed by atoms with E-state index in [1.807, 2.05) is 0 Å². The molecule has 4 fully saturated rings. The van der Waals surface area contributed by atoms with Gasteiger partial charge in [0.1, 0.15) is 12.1 Å². The number of likely N-dealkylation sites (N-methyl/N-ethyl adjacent to an activating group) is 1. The fourth-order valence-electron chi connectivity index (χ4n) is 5.68. The van der Waals surface area contributed by atoms with Gasteiger partial charge in [0.05, 0.1) is 0 Å². The summed E-state index contributed by atoms with van der Waals surface area (Å²) in [5, 5.41) is 6.06. The molecule has 7 heteroatoms. The van der Waals surface area contributed by atoms with Gasteiger partial charge < -0.3 is 20.3 Å². The number of rotatable bonds is 6. The second-order valence-electron chi connectivity index (χ2n) is 10.2. The standard InChI is InChI=1S/C21H35N3O4/c1-20(2,3)28-18(26)13-24(4)17(25)5-6-22-19(27)23-21-10-14-7-15(11-21)9-16(8-14)12-21/h14-16H,5-13H2,1-4H3,(H2,22,23,27). The number of hydrogen-bond donors (Lipinski definition) is 2. The molecule has 7 nitrogen and oxygen atoms in total. The Labute approximate surface area is 167 Å². The molecule has 4 bridgehead atoms. The maximum absolute atomic E-state index is 12.4. The van der Waals surface area contributed by atoms with Crippen molar-refractivity contribution in [3.8, 4) is 0 Å². The predicted octanol–water partition coefficient (Wildman–Crippen LogP) is 2.44. The Balaban J connectivity index is 1.37. The number of carbonyl (C=O) groups excluding carboxylic acids is 3. The van der Waals surface area contributed by atoms with Crippen LogP contribution in [-0.4, -0.2) is 54.1 Å². The van der Waals surface area contributed by atoms with Gasteiger partial charge in [-0.2, -0.15) is 0 Å². The van der Waals surface area contributed by atoms with Crippen LogP contribution in [-0.2, 0) is 14.3 Å². The summed E-state index contributed by atoms with van der Waals surface area (Å²) >= 11 is 0.